The van der Waals surface area contributed by atoms with Gasteiger partial charge in [-0.1, -0.05) is 41.9 Å². The fourth-order valence-corrected chi connectivity index (χ4v) is 2.97. The molecule has 1 aromatic rings. The third-order valence-electron chi connectivity index (χ3n) is 4.12. The van der Waals surface area contributed by atoms with Crippen molar-refractivity contribution in [3.8, 4) is 0 Å². The highest BCUT2D eigenvalue weighted by atomic mass is 16.6. The molecule has 0 N–H and O–H groups in total. The van der Waals surface area contributed by atoms with Crippen LogP contribution in [0.2, 0.25) is 0 Å². The minimum absolute atomic E-state index is 0.144. The van der Waals surface area contributed by atoms with Gasteiger partial charge in [0.15, 0.2) is 5.90 Å². The van der Waals surface area contributed by atoms with Crippen molar-refractivity contribution in [1.29, 1.82) is 0 Å². The molecule has 2 aliphatic rings. The van der Waals surface area contributed by atoms with Crippen molar-refractivity contribution in [3.05, 3.63) is 35.9 Å². The Hall–Kier alpha value is -1.84. The lowest BCUT2D eigenvalue weighted by molar-refractivity contribution is 0.0733. The predicted octanol–water partition coefficient (Wildman–Crippen LogP) is 3.56. The molecule has 0 amide bonds. The molecule has 1 aromatic carbocycles. The second-order valence-corrected chi connectivity index (χ2v) is 5.70. The molecular formula is C17H22N2O2. The lowest BCUT2D eigenvalue weighted by Crippen LogP contribution is -2.18. The van der Waals surface area contributed by atoms with E-state index in [2.05, 4.69) is 17.3 Å². The van der Waals surface area contributed by atoms with Crippen molar-refractivity contribution in [2.45, 2.75) is 50.7 Å². The summed E-state index contributed by atoms with van der Waals surface area (Å²) in [6, 6.07) is 10.5. The first-order valence-electron chi connectivity index (χ1n) is 7.74. The third-order valence-corrected chi connectivity index (χ3v) is 4.12. The second-order valence-electron chi connectivity index (χ2n) is 5.70. The van der Waals surface area contributed by atoms with E-state index >= 15 is 0 Å². The SMILES string of the molecule is COC1=NC(CC2CC(c3ccccc3)=NO2)CCCC1. The quantitative estimate of drug-likeness (QED) is 0.852. The number of hydrogen-bond donors (Lipinski definition) is 0. The van der Waals surface area contributed by atoms with Gasteiger partial charge in [0.05, 0.1) is 18.9 Å². The Morgan fingerprint density at radius 2 is 2.10 bits per heavy atom. The first-order valence-corrected chi connectivity index (χ1v) is 7.74. The van der Waals surface area contributed by atoms with Gasteiger partial charge >= 0.3 is 0 Å². The van der Waals surface area contributed by atoms with Crippen molar-refractivity contribution in [3.63, 3.8) is 0 Å². The Bertz CT molecular complexity index is 525. The monoisotopic (exact) mass is 286 g/mol. The van der Waals surface area contributed by atoms with Crippen molar-refractivity contribution < 1.29 is 9.57 Å². The molecule has 4 heteroatoms. The summed E-state index contributed by atoms with van der Waals surface area (Å²) < 4.78 is 5.34. The molecule has 0 saturated heterocycles. The summed E-state index contributed by atoms with van der Waals surface area (Å²) in [7, 11) is 1.71. The fraction of sp³-hybridized carbons (Fsp3) is 0.529. The van der Waals surface area contributed by atoms with Gasteiger partial charge < -0.3 is 9.57 Å². The largest absolute Gasteiger partial charge is 0.484 e. The fourth-order valence-electron chi connectivity index (χ4n) is 2.97. The zero-order chi connectivity index (χ0) is 14.5. The topological polar surface area (TPSA) is 43.2 Å². The molecule has 2 unspecified atom stereocenters. The highest BCUT2D eigenvalue weighted by molar-refractivity contribution is 6.01. The van der Waals surface area contributed by atoms with Crippen LogP contribution in [0.5, 0.6) is 0 Å². The van der Waals surface area contributed by atoms with Crippen LogP contribution in [0.15, 0.2) is 40.5 Å². The van der Waals surface area contributed by atoms with Gasteiger partial charge in [-0.25, -0.2) is 0 Å². The van der Waals surface area contributed by atoms with E-state index in [9.17, 15) is 0 Å². The minimum Gasteiger partial charge on any atom is -0.484 e. The average Bonchev–Trinajstić information content (AvgIpc) is 2.87. The molecule has 0 radical (unpaired) electrons. The van der Waals surface area contributed by atoms with E-state index in [1.54, 1.807) is 7.11 Å². The van der Waals surface area contributed by atoms with Gasteiger partial charge in [0.2, 0.25) is 0 Å². The van der Waals surface area contributed by atoms with E-state index in [-0.39, 0.29) is 6.10 Å². The van der Waals surface area contributed by atoms with Crippen molar-refractivity contribution in [1.82, 2.24) is 0 Å². The smallest absolute Gasteiger partial charge is 0.183 e. The highest BCUT2D eigenvalue weighted by Gasteiger charge is 2.26. The van der Waals surface area contributed by atoms with Crippen LogP contribution in [0.25, 0.3) is 0 Å². The van der Waals surface area contributed by atoms with Crippen LogP contribution in [0, 0.1) is 0 Å². The highest BCUT2D eigenvalue weighted by Crippen LogP contribution is 2.24. The Kier molecular flexibility index (Phi) is 4.53. The van der Waals surface area contributed by atoms with Gasteiger partial charge in [-0.3, -0.25) is 4.99 Å². The van der Waals surface area contributed by atoms with Gasteiger partial charge in [0, 0.05) is 19.3 Å². The number of benzene rings is 1. The van der Waals surface area contributed by atoms with Crippen LogP contribution in [-0.2, 0) is 9.57 Å². The predicted molar refractivity (Wildman–Crippen MR) is 83.8 cm³/mol. The summed E-state index contributed by atoms with van der Waals surface area (Å²) in [5.74, 6) is 0.889. The Morgan fingerprint density at radius 1 is 1.24 bits per heavy atom. The van der Waals surface area contributed by atoms with Crippen molar-refractivity contribution >= 4 is 11.6 Å². The van der Waals surface area contributed by atoms with E-state index in [1.807, 2.05) is 18.2 Å². The van der Waals surface area contributed by atoms with Crippen LogP contribution in [-0.4, -0.2) is 30.9 Å². The molecule has 21 heavy (non-hydrogen) atoms. The Balaban J connectivity index is 1.58. The molecule has 0 fully saturated rings. The van der Waals surface area contributed by atoms with E-state index in [0.29, 0.717) is 6.04 Å². The summed E-state index contributed by atoms with van der Waals surface area (Å²) >= 11 is 0. The number of hydrogen-bond acceptors (Lipinski definition) is 4. The second kappa shape index (κ2) is 6.74. The molecule has 0 spiro atoms. The van der Waals surface area contributed by atoms with Crippen LogP contribution < -0.4 is 0 Å². The van der Waals surface area contributed by atoms with Crippen molar-refractivity contribution in [2.75, 3.05) is 7.11 Å². The molecular weight excluding hydrogens is 264 g/mol. The van der Waals surface area contributed by atoms with Gasteiger partial charge in [0.1, 0.15) is 6.10 Å². The number of oxime groups is 1. The first-order chi connectivity index (χ1) is 10.3. The minimum atomic E-state index is 0.144. The van der Waals surface area contributed by atoms with E-state index in [1.165, 1.54) is 12.8 Å². The molecule has 0 aliphatic carbocycles. The number of ether oxygens (including phenoxy) is 1. The van der Waals surface area contributed by atoms with Gasteiger partial charge in [-0.15, -0.1) is 0 Å². The summed E-state index contributed by atoms with van der Waals surface area (Å²) in [4.78, 5) is 10.3. The zero-order valence-electron chi connectivity index (χ0n) is 12.5. The molecule has 2 atom stereocenters. The summed E-state index contributed by atoms with van der Waals surface area (Å²) in [6.07, 6.45) is 6.40. The Labute approximate surface area is 125 Å². The molecule has 0 bridgehead atoms. The first kappa shape index (κ1) is 14.1. The number of nitrogens with zero attached hydrogens (tertiary/aromatic N) is 2. The molecule has 2 heterocycles. The van der Waals surface area contributed by atoms with Crippen LogP contribution in [0.3, 0.4) is 0 Å². The Morgan fingerprint density at radius 3 is 2.90 bits per heavy atom. The molecule has 4 nitrogen and oxygen atoms in total. The standard InChI is InChI=1S/C17H22N2O2/c1-20-17-10-6-5-9-14(18-17)11-15-12-16(19-21-15)13-7-3-2-4-8-13/h2-4,7-8,14-15H,5-6,9-12H2,1H3. The summed E-state index contributed by atoms with van der Waals surface area (Å²) in [5, 5.41) is 4.25. The lowest BCUT2D eigenvalue weighted by atomic mass is 9.99. The number of rotatable bonds is 3. The molecule has 0 saturated carbocycles. The van der Waals surface area contributed by atoms with Gasteiger partial charge in [-0.05, 0) is 18.4 Å². The van der Waals surface area contributed by atoms with E-state index in [4.69, 9.17) is 14.6 Å². The van der Waals surface area contributed by atoms with Crippen LogP contribution in [0.1, 0.15) is 44.1 Å². The van der Waals surface area contributed by atoms with Crippen LogP contribution >= 0.6 is 0 Å². The van der Waals surface area contributed by atoms with E-state index in [0.717, 1.165) is 42.9 Å². The zero-order valence-corrected chi connectivity index (χ0v) is 12.5. The summed E-state index contributed by atoms with van der Waals surface area (Å²) in [6.45, 7) is 0. The average molecular weight is 286 g/mol. The van der Waals surface area contributed by atoms with Gasteiger partial charge in [-0.2, -0.15) is 0 Å². The third kappa shape index (κ3) is 3.63. The maximum absolute atomic E-state index is 5.61. The van der Waals surface area contributed by atoms with Crippen molar-refractivity contribution in [2.24, 2.45) is 10.1 Å². The van der Waals surface area contributed by atoms with Gasteiger partial charge in [0.25, 0.3) is 0 Å². The lowest BCUT2D eigenvalue weighted by Gasteiger charge is -2.14. The van der Waals surface area contributed by atoms with E-state index < -0.39 is 0 Å². The molecule has 112 valence electrons. The maximum atomic E-state index is 5.61. The summed E-state index contributed by atoms with van der Waals surface area (Å²) in [5.41, 5.74) is 2.20. The maximum Gasteiger partial charge on any atom is 0.183 e. The number of aliphatic imine (C=N–C) groups is 1. The molecule has 0 aromatic heterocycles. The molecule has 3 rings (SSSR count). The number of methoxy groups -OCH3 is 1. The molecule has 2 aliphatic heterocycles. The normalized spacial score (nSPS) is 25.6. The van der Waals surface area contributed by atoms with Crippen LogP contribution in [0.4, 0.5) is 0 Å².